The molecule has 0 atom stereocenters. The number of sulfonamides is 1. The molecule has 0 radical (unpaired) electrons. The maximum atomic E-state index is 12.4. The summed E-state index contributed by atoms with van der Waals surface area (Å²) in [6.45, 7) is 0.997. The molecule has 1 aliphatic heterocycles. The van der Waals surface area contributed by atoms with Crippen LogP contribution in [0.5, 0.6) is 0 Å². The zero-order chi connectivity index (χ0) is 14.4. The molecule has 2 aromatic rings. The minimum Gasteiger partial charge on any atom is -0.282 e. The van der Waals surface area contributed by atoms with E-state index in [2.05, 4.69) is 10.2 Å². The van der Waals surface area contributed by atoms with E-state index >= 15 is 0 Å². The summed E-state index contributed by atoms with van der Waals surface area (Å²) in [4.78, 5) is 0. The summed E-state index contributed by atoms with van der Waals surface area (Å²) in [6.07, 6.45) is 2.33. The van der Waals surface area contributed by atoms with Crippen molar-refractivity contribution in [2.75, 3.05) is 6.54 Å². The molecule has 0 saturated heterocycles. The van der Waals surface area contributed by atoms with Gasteiger partial charge in [0.25, 0.3) is 0 Å². The fourth-order valence-corrected chi connectivity index (χ4v) is 4.71. The smallest absolute Gasteiger partial charge is 0.217 e. The number of fused-ring (bicyclic) bond motifs is 1. The maximum absolute atomic E-state index is 12.4. The SMILES string of the molecule is O=S(=O)(C1CC1)N1CCc2[nH]nc(-c3ccccc3)c2C1. The predicted octanol–water partition coefficient (Wildman–Crippen LogP) is 1.93. The second kappa shape index (κ2) is 4.68. The van der Waals surface area contributed by atoms with Crippen molar-refractivity contribution < 1.29 is 8.42 Å². The van der Waals surface area contributed by atoms with Crippen LogP contribution in [0.4, 0.5) is 0 Å². The molecule has 0 spiro atoms. The van der Waals surface area contributed by atoms with Crippen molar-refractivity contribution in [2.24, 2.45) is 0 Å². The van der Waals surface area contributed by atoms with Crippen molar-refractivity contribution in [3.05, 3.63) is 41.6 Å². The lowest BCUT2D eigenvalue weighted by molar-refractivity contribution is 0.389. The van der Waals surface area contributed by atoms with Crippen LogP contribution < -0.4 is 0 Å². The van der Waals surface area contributed by atoms with Crippen molar-refractivity contribution in [1.29, 1.82) is 0 Å². The van der Waals surface area contributed by atoms with Gasteiger partial charge in [0.05, 0.1) is 10.9 Å². The molecule has 0 bridgehead atoms. The molecular formula is C15H17N3O2S. The molecule has 21 heavy (non-hydrogen) atoms. The van der Waals surface area contributed by atoms with Crippen LogP contribution in [0, 0.1) is 0 Å². The summed E-state index contributed by atoms with van der Waals surface area (Å²) in [6, 6.07) is 9.91. The number of aromatic nitrogens is 2. The van der Waals surface area contributed by atoms with E-state index in [4.69, 9.17) is 0 Å². The molecule has 0 unspecified atom stereocenters. The van der Waals surface area contributed by atoms with Crippen LogP contribution in [0.3, 0.4) is 0 Å². The third kappa shape index (κ3) is 2.18. The highest BCUT2D eigenvalue weighted by molar-refractivity contribution is 7.90. The maximum Gasteiger partial charge on any atom is 0.217 e. The highest BCUT2D eigenvalue weighted by Gasteiger charge is 2.41. The van der Waals surface area contributed by atoms with Gasteiger partial charge in [0.15, 0.2) is 0 Å². The second-order valence-electron chi connectivity index (χ2n) is 5.72. The highest BCUT2D eigenvalue weighted by atomic mass is 32.2. The summed E-state index contributed by atoms with van der Waals surface area (Å²) >= 11 is 0. The van der Waals surface area contributed by atoms with Gasteiger partial charge in [0, 0.05) is 36.3 Å². The summed E-state index contributed by atoms with van der Waals surface area (Å²) < 4.78 is 26.5. The van der Waals surface area contributed by atoms with E-state index in [1.54, 1.807) is 4.31 Å². The normalized spacial score (nSPS) is 19.4. The first-order valence-corrected chi connectivity index (χ1v) is 8.77. The summed E-state index contributed by atoms with van der Waals surface area (Å²) in [7, 11) is -3.12. The van der Waals surface area contributed by atoms with Crippen LogP contribution >= 0.6 is 0 Å². The number of nitrogens with one attached hydrogen (secondary N) is 1. The van der Waals surface area contributed by atoms with Crippen molar-refractivity contribution in [1.82, 2.24) is 14.5 Å². The Balaban J connectivity index is 1.70. The number of aromatic amines is 1. The fourth-order valence-electron chi connectivity index (χ4n) is 2.90. The monoisotopic (exact) mass is 303 g/mol. The molecule has 1 aliphatic carbocycles. The molecule has 1 aromatic carbocycles. The number of H-pyrrole nitrogens is 1. The lowest BCUT2D eigenvalue weighted by Gasteiger charge is -2.26. The zero-order valence-corrected chi connectivity index (χ0v) is 12.4. The van der Waals surface area contributed by atoms with Crippen LogP contribution in [0.15, 0.2) is 30.3 Å². The Morgan fingerprint density at radius 1 is 1.19 bits per heavy atom. The fraction of sp³-hybridized carbons (Fsp3) is 0.400. The van der Waals surface area contributed by atoms with Crippen molar-refractivity contribution in [3.8, 4) is 11.3 Å². The summed E-state index contributed by atoms with van der Waals surface area (Å²) in [5.41, 5.74) is 4.00. The molecule has 5 nitrogen and oxygen atoms in total. The first kappa shape index (κ1) is 13.0. The first-order chi connectivity index (χ1) is 10.2. The lowest BCUT2D eigenvalue weighted by Crippen LogP contribution is -2.37. The van der Waals surface area contributed by atoms with E-state index in [1.165, 1.54) is 0 Å². The van der Waals surface area contributed by atoms with E-state index in [0.29, 0.717) is 19.5 Å². The number of rotatable bonds is 3. The van der Waals surface area contributed by atoms with E-state index in [0.717, 1.165) is 35.4 Å². The van der Waals surface area contributed by atoms with Crippen LogP contribution in [0.1, 0.15) is 24.1 Å². The molecule has 6 heteroatoms. The van der Waals surface area contributed by atoms with Crippen LogP contribution in [-0.2, 0) is 23.0 Å². The zero-order valence-electron chi connectivity index (χ0n) is 11.6. The quantitative estimate of drug-likeness (QED) is 0.942. The van der Waals surface area contributed by atoms with E-state index in [-0.39, 0.29) is 5.25 Å². The molecule has 110 valence electrons. The van der Waals surface area contributed by atoms with Crippen LogP contribution in [0.25, 0.3) is 11.3 Å². The van der Waals surface area contributed by atoms with Gasteiger partial charge in [0.2, 0.25) is 10.0 Å². The average molecular weight is 303 g/mol. The van der Waals surface area contributed by atoms with Gasteiger partial charge in [-0.05, 0) is 12.8 Å². The highest BCUT2D eigenvalue weighted by Crippen LogP contribution is 2.35. The van der Waals surface area contributed by atoms with Crippen LogP contribution in [-0.4, -0.2) is 34.7 Å². The Hall–Kier alpha value is -1.66. The Morgan fingerprint density at radius 2 is 1.95 bits per heavy atom. The average Bonchev–Trinajstić information content (AvgIpc) is 3.28. The van der Waals surface area contributed by atoms with Gasteiger partial charge in [0.1, 0.15) is 0 Å². The molecule has 2 heterocycles. The minimum absolute atomic E-state index is 0.147. The predicted molar refractivity (Wildman–Crippen MR) is 80.1 cm³/mol. The number of benzene rings is 1. The molecule has 4 rings (SSSR count). The van der Waals surface area contributed by atoms with Crippen molar-refractivity contribution in [3.63, 3.8) is 0 Å². The molecular weight excluding hydrogens is 286 g/mol. The number of nitrogens with zero attached hydrogens (tertiary/aromatic N) is 2. The summed E-state index contributed by atoms with van der Waals surface area (Å²) in [5.74, 6) is 0. The van der Waals surface area contributed by atoms with Gasteiger partial charge in [-0.1, -0.05) is 30.3 Å². The van der Waals surface area contributed by atoms with Gasteiger partial charge >= 0.3 is 0 Å². The Labute approximate surface area is 124 Å². The Morgan fingerprint density at radius 3 is 2.67 bits per heavy atom. The minimum atomic E-state index is -3.12. The van der Waals surface area contributed by atoms with E-state index in [1.807, 2.05) is 30.3 Å². The first-order valence-electron chi connectivity index (χ1n) is 7.27. The Kier molecular flexibility index (Phi) is 2.90. The lowest BCUT2D eigenvalue weighted by atomic mass is 10.0. The molecule has 2 aliphatic rings. The van der Waals surface area contributed by atoms with E-state index < -0.39 is 10.0 Å². The standard InChI is InChI=1S/C15H17N3O2S/c19-21(20,12-6-7-12)18-9-8-14-13(10-18)15(17-16-14)11-4-2-1-3-5-11/h1-5,12H,6-10H2,(H,16,17). The second-order valence-corrected chi connectivity index (χ2v) is 7.94. The molecule has 1 N–H and O–H groups in total. The Bertz CT molecular complexity index is 763. The van der Waals surface area contributed by atoms with Gasteiger partial charge in [-0.2, -0.15) is 9.40 Å². The van der Waals surface area contributed by atoms with Gasteiger partial charge in [-0.15, -0.1) is 0 Å². The molecule has 1 aromatic heterocycles. The topological polar surface area (TPSA) is 66.1 Å². The van der Waals surface area contributed by atoms with Crippen molar-refractivity contribution in [2.45, 2.75) is 31.1 Å². The largest absolute Gasteiger partial charge is 0.282 e. The van der Waals surface area contributed by atoms with Gasteiger partial charge in [-0.25, -0.2) is 8.42 Å². The number of hydrogen-bond acceptors (Lipinski definition) is 3. The molecule has 1 saturated carbocycles. The summed E-state index contributed by atoms with van der Waals surface area (Å²) in [5, 5.41) is 7.32. The van der Waals surface area contributed by atoms with Crippen LogP contribution in [0.2, 0.25) is 0 Å². The van der Waals surface area contributed by atoms with Gasteiger partial charge < -0.3 is 0 Å². The number of hydrogen-bond donors (Lipinski definition) is 1. The third-order valence-corrected chi connectivity index (χ3v) is 6.60. The molecule has 1 fully saturated rings. The van der Waals surface area contributed by atoms with Gasteiger partial charge in [-0.3, -0.25) is 5.10 Å². The third-order valence-electron chi connectivity index (χ3n) is 4.25. The van der Waals surface area contributed by atoms with Crippen molar-refractivity contribution >= 4 is 10.0 Å². The van der Waals surface area contributed by atoms with E-state index in [9.17, 15) is 8.42 Å². The molecule has 0 amide bonds.